The molecule has 42 heavy (non-hydrogen) atoms. The molecule has 4 aromatic rings. The summed E-state index contributed by atoms with van der Waals surface area (Å²) < 4.78 is 17.9. The van der Waals surface area contributed by atoms with E-state index in [9.17, 15) is 5.11 Å². The summed E-state index contributed by atoms with van der Waals surface area (Å²) in [6.07, 6.45) is 5.26. The second-order valence-electron chi connectivity index (χ2n) is 11.5. The zero-order valence-electron chi connectivity index (χ0n) is 25.2. The summed E-state index contributed by atoms with van der Waals surface area (Å²) in [5, 5.41) is 13.5. The van der Waals surface area contributed by atoms with E-state index in [0.717, 1.165) is 48.1 Å². The fraction of sp³-hybridized carbons (Fsp3) is 0.405. The molecule has 2 aliphatic rings. The number of ether oxygens (including phenoxy) is 3. The standard InChI is InChI=1S/C37H43NO4/c1-4-41-20-16-37(17-21-42-5-2)31-22-27(26-12-8-6-9-13-26)14-15-28(31)36-30-23-33(38-18-10-7-11-19-38)35(40-3)24-29(30)34(39)25-32(36)37/h6,8-9,12-15,22-25,39H,4-5,7,10-11,16-21H2,1-3H3. The number of piperidine rings is 1. The van der Waals surface area contributed by atoms with Crippen LogP contribution in [-0.4, -0.2) is 51.7 Å². The van der Waals surface area contributed by atoms with Crippen molar-refractivity contribution in [1.29, 1.82) is 0 Å². The Morgan fingerprint density at radius 1 is 0.762 bits per heavy atom. The van der Waals surface area contributed by atoms with Crippen LogP contribution in [0.2, 0.25) is 0 Å². The third-order valence-electron chi connectivity index (χ3n) is 9.29. The molecule has 0 bridgehead atoms. The molecule has 1 heterocycles. The lowest BCUT2D eigenvalue weighted by Gasteiger charge is -2.33. The average molecular weight is 566 g/mol. The highest BCUT2D eigenvalue weighted by Crippen LogP contribution is 2.58. The van der Waals surface area contributed by atoms with Crippen molar-refractivity contribution < 1.29 is 19.3 Å². The lowest BCUT2D eigenvalue weighted by molar-refractivity contribution is 0.105. The summed E-state index contributed by atoms with van der Waals surface area (Å²) in [5.41, 5.74) is 8.07. The maximum absolute atomic E-state index is 11.6. The van der Waals surface area contributed by atoms with Crippen LogP contribution in [0.1, 0.15) is 57.1 Å². The number of phenols is 1. The molecule has 4 aromatic carbocycles. The van der Waals surface area contributed by atoms with Crippen molar-refractivity contribution in [2.75, 3.05) is 51.5 Å². The van der Waals surface area contributed by atoms with Crippen molar-refractivity contribution in [3.8, 4) is 33.8 Å². The molecule has 1 N–H and O–H groups in total. The first-order valence-electron chi connectivity index (χ1n) is 15.6. The highest BCUT2D eigenvalue weighted by Gasteiger charge is 2.44. The van der Waals surface area contributed by atoms with Gasteiger partial charge in [-0.2, -0.15) is 0 Å². The van der Waals surface area contributed by atoms with Crippen molar-refractivity contribution in [1.82, 2.24) is 0 Å². The van der Waals surface area contributed by atoms with Crippen LogP contribution in [0.4, 0.5) is 5.69 Å². The number of anilines is 1. The number of aromatic hydroxyl groups is 1. The monoisotopic (exact) mass is 565 g/mol. The number of fused-ring (bicyclic) bond motifs is 5. The molecule has 0 spiro atoms. The lowest BCUT2D eigenvalue weighted by Crippen LogP contribution is -2.30. The van der Waals surface area contributed by atoms with Gasteiger partial charge in [0.25, 0.3) is 0 Å². The smallest absolute Gasteiger partial charge is 0.142 e. The normalized spacial score (nSPS) is 15.5. The molecular weight excluding hydrogens is 522 g/mol. The molecule has 6 rings (SSSR count). The first-order valence-corrected chi connectivity index (χ1v) is 15.6. The Balaban J connectivity index is 1.62. The molecular formula is C37H43NO4. The summed E-state index contributed by atoms with van der Waals surface area (Å²) >= 11 is 0. The fourth-order valence-electron chi connectivity index (χ4n) is 7.19. The van der Waals surface area contributed by atoms with Gasteiger partial charge in [-0.3, -0.25) is 0 Å². The first kappa shape index (κ1) is 28.6. The Hall–Kier alpha value is -3.54. The minimum Gasteiger partial charge on any atom is -0.507 e. The summed E-state index contributed by atoms with van der Waals surface area (Å²) in [6.45, 7) is 8.76. The van der Waals surface area contributed by atoms with Gasteiger partial charge in [-0.05, 0) is 109 Å². The second-order valence-corrected chi connectivity index (χ2v) is 11.5. The zero-order chi connectivity index (χ0) is 29.1. The topological polar surface area (TPSA) is 51.2 Å². The van der Waals surface area contributed by atoms with E-state index in [1.165, 1.54) is 52.6 Å². The van der Waals surface area contributed by atoms with Gasteiger partial charge in [0.15, 0.2) is 0 Å². The van der Waals surface area contributed by atoms with E-state index >= 15 is 0 Å². The van der Waals surface area contributed by atoms with Crippen LogP contribution in [0.3, 0.4) is 0 Å². The summed E-state index contributed by atoms with van der Waals surface area (Å²) in [7, 11) is 1.73. The van der Waals surface area contributed by atoms with Gasteiger partial charge in [-0.1, -0.05) is 42.5 Å². The van der Waals surface area contributed by atoms with Crippen LogP contribution in [-0.2, 0) is 14.9 Å². The van der Waals surface area contributed by atoms with E-state index in [4.69, 9.17) is 14.2 Å². The number of methoxy groups -OCH3 is 1. The van der Waals surface area contributed by atoms with Crippen LogP contribution in [0.15, 0.2) is 66.7 Å². The molecule has 0 radical (unpaired) electrons. The van der Waals surface area contributed by atoms with Gasteiger partial charge in [-0.25, -0.2) is 0 Å². The maximum Gasteiger partial charge on any atom is 0.142 e. The van der Waals surface area contributed by atoms with Crippen LogP contribution in [0.5, 0.6) is 11.5 Å². The number of hydrogen-bond donors (Lipinski definition) is 1. The molecule has 5 heteroatoms. The third kappa shape index (κ3) is 5.03. The molecule has 0 amide bonds. The highest BCUT2D eigenvalue weighted by atomic mass is 16.5. The first-order chi connectivity index (χ1) is 20.6. The highest BCUT2D eigenvalue weighted by molar-refractivity contribution is 6.07. The number of hydrogen-bond acceptors (Lipinski definition) is 5. The Labute approximate surface area is 250 Å². The summed E-state index contributed by atoms with van der Waals surface area (Å²) in [5.74, 6) is 1.11. The minimum atomic E-state index is -0.351. The average Bonchev–Trinajstić information content (AvgIpc) is 3.30. The Morgan fingerprint density at radius 3 is 2.14 bits per heavy atom. The van der Waals surface area contributed by atoms with Crippen LogP contribution in [0.25, 0.3) is 33.0 Å². The van der Waals surface area contributed by atoms with Crippen molar-refractivity contribution in [2.24, 2.45) is 0 Å². The van der Waals surface area contributed by atoms with Crippen LogP contribution < -0.4 is 9.64 Å². The number of phenolic OH excluding ortho intramolecular Hbond substituents is 1. The van der Waals surface area contributed by atoms with Crippen molar-refractivity contribution in [2.45, 2.75) is 51.4 Å². The van der Waals surface area contributed by atoms with Gasteiger partial charge in [0.05, 0.1) is 12.8 Å². The van der Waals surface area contributed by atoms with E-state index in [0.29, 0.717) is 32.2 Å². The van der Waals surface area contributed by atoms with Crippen molar-refractivity contribution >= 4 is 16.5 Å². The maximum atomic E-state index is 11.6. The number of benzene rings is 4. The molecule has 220 valence electrons. The Bertz CT molecular complexity index is 1530. The Kier molecular flexibility index (Phi) is 8.41. The van der Waals surface area contributed by atoms with Crippen molar-refractivity contribution in [3.05, 3.63) is 77.9 Å². The minimum absolute atomic E-state index is 0.292. The fourth-order valence-corrected chi connectivity index (χ4v) is 7.19. The SMILES string of the molecule is CCOCCC1(CCOCC)c2cc(-c3ccccc3)ccc2-c2c1cc(O)c1cc(OC)c(N3CCCCC3)cc21. The number of nitrogens with zero attached hydrogens (tertiary/aromatic N) is 1. The summed E-state index contributed by atoms with van der Waals surface area (Å²) in [6, 6.07) is 23.8. The van der Waals surface area contributed by atoms with E-state index < -0.39 is 0 Å². The summed E-state index contributed by atoms with van der Waals surface area (Å²) in [4.78, 5) is 2.45. The van der Waals surface area contributed by atoms with Crippen LogP contribution in [0, 0.1) is 0 Å². The second kappa shape index (κ2) is 12.4. The lowest BCUT2D eigenvalue weighted by atomic mass is 9.72. The van der Waals surface area contributed by atoms with Gasteiger partial charge in [-0.15, -0.1) is 0 Å². The van der Waals surface area contributed by atoms with E-state index in [-0.39, 0.29) is 5.41 Å². The Morgan fingerprint density at radius 2 is 1.48 bits per heavy atom. The zero-order valence-corrected chi connectivity index (χ0v) is 25.2. The van der Waals surface area contributed by atoms with E-state index in [1.54, 1.807) is 7.11 Å². The predicted molar refractivity (Wildman–Crippen MR) is 172 cm³/mol. The molecule has 0 aromatic heterocycles. The van der Waals surface area contributed by atoms with Gasteiger partial charge in [0, 0.05) is 50.3 Å². The van der Waals surface area contributed by atoms with Crippen LogP contribution >= 0.6 is 0 Å². The van der Waals surface area contributed by atoms with Gasteiger partial charge in [0.2, 0.25) is 0 Å². The predicted octanol–water partition coefficient (Wildman–Crippen LogP) is 8.33. The van der Waals surface area contributed by atoms with E-state index in [2.05, 4.69) is 59.5 Å². The molecule has 0 atom stereocenters. The molecule has 5 nitrogen and oxygen atoms in total. The van der Waals surface area contributed by atoms with E-state index in [1.807, 2.05) is 26.0 Å². The molecule has 0 unspecified atom stereocenters. The number of rotatable bonds is 11. The molecule has 1 saturated heterocycles. The quantitative estimate of drug-likeness (QED) is 0.185. The van der Waals surface area contributed by atoms with Gasteiger partial charge in [0.1, 0.15) is 11.5 Å². The molecule has 1 fully saturated rings. The largest absolute Gasteiger partial charge is 0.507 e. The van der Waals surface area contributed by atoms with Gasteiger partial charge >= 0.3 is 0 Å². The molecule has 1 aliphatic carbocycles. The third-order valence-corrected chi connectivity index (χ3v) is 9.29. The van der Waals surface area contributed by atoms with Crippen molar-refractivity contribution in [3.63, 3.8) is 0 Å². The molecule has 0 saturated carbocycles. The molecule has 1 aliphatic heterocycles. The van der Waals surface area contributed by atoms with Gasteiger partial charge < -0.3 is 24.2 Å².